The summed E-state index contributed by atoms with van der Waals surface area (Å²) in [5, 5.41) is 11.8. The molecule has 1 heterocycles. The van der Waals surface area contributed by atoms with Crippen LogP contribution in [0.25, 0.3) is 0 Å². The van der Waals surface area contributed by atoms with Crippen LogP contribution in [-0.4, -0.2) is 6.54 Å². The molecule has 0 aromatic carbocycles. The van der Waals surface area contributed by atoms with Gasteiger partial charge in [0.1, 0.15) is 0 Å². The predicted molar refractivity (Wildman–Crippen MR) is 40.2 cm³/mol. The Hall–Kier alpha value is -0.970. The van der Waals surface area contributed by atoms with E-state index in [0.29, 0.717) is 0 Å². The SMILES string of the molecule is C/C(C#N)=C1/CCCCN1. The highest BCUT2D eigenvalue weighted by Crippen LogP contribution is 2.13. The predicted octanol–water partition coefficient (Wildman–Crippen LogP) is 1.56. The summed E-state index contributed by atoms with van der Waals surface area (Å²) in [5.74, 6) is 0. The van der Waals surface area contributed by atoms with Crippen molar-refractivity contribution in [2.24, 2.45) is 0 Å². The number of nitrogens with one attached hydrogen (secondary N) is 1. The summed E-state index contributed by atoms with van der Waals surface area (Å²) in [4.78, 5) is 0. The van der Waals surface area contributed by atoms with Gasteiger partial charge in [-0.15, -0.1) is 0 Å². The Morgan fingerprint density at radius 3 is 2.90 bits per heavy atom. The van der Waals surface area contributed by atoms with E-state index in [1.165, 1.54) is 12.8 Å². The van der Waals surface area contributed by atoms with Gasteiger partial charge in [-0.1, -0.05) is 0 Å². The summed E-state index contributed by atoms with van der Waals surface area (Å²) in [6.07, 6.45) is 3.52. The molecule has 1 N–H and O–H groups in total. The summed E-state index contributed by atoms with van der Waals surface area (Å²) in [6, 6.07) is 2.15. The molecule has 1 aliphatic heterocycles. The largest absolute Gasteiger partial charge is 0.388 e. The molecule has 0 saturated carbocycles. The van der Waals surface area contributed by atoms with Crippen LogP contribution in [0.2, 0.25) is 0 Å². The molecule has 0 amide bonds. The van der Waals surface area contributed by atoms with Crippen LogP contribution >= 0.6 is 0 Å². The normalized spacial score (nSPS) is 22.8. The highest BCUT2D eigenvalue weighted by molar-refractivity contribution is 5.24. The standard InChI is InChI=1S/C8H12N2/c1-7(6-9)8-4-2-3-5-10-8/h10H,2-5H2,1H3/b8-7+. The van der Waals surface area contributed by atoms with Gasteiger partial charge in [0.05, 0.1) is 6.07 Å². The molecule has 0 bridgehead atoms. The van der Waals surface area contributed by atoms with Gasteiger partial charge in [0, 0.05) is 17.8 Å². The van der Waals surface area contributed by atoms with E-state index in [2.05, 4.69) is 11.4 Å². The van der Waals surface area contributed by atoms with Crippen LogP contribution < -0.4 is 5.32 Å². The molecule has 0 spiro atoms. The molecule has 10 heavy (non-hydrogen) atoms. The lowest BCUT2D eigenvalue weighted by molar-refractivity contribution is 0.584. The lowest BCUT2D eigenvalue weighted by Crippen LogP contribution is -2.20. The van der Waals surface area contributed by atoms with E-state index in [4.69, 9.17) is 5.26 Å². The fourth-order valence-corrected chi connectivity index (χ4v) is 1.14. The number of hydrogen-bond donors (Lipinski definition) is 1. The molecular formula is C8H12N2. The summed E-state index contributed by atoms with van der Waals surface area (Å²) in [5.41, 5.74) is 1.99. The summed E-state index contributed by atoms with van der Waals surface area (Å²) in [7, 11) is 0. The topological polar surface area (TPSA) is 35.8 Å². The van der Waals surface area contributed by atoms with Crippen molar-refractivity contribution in [2.45, 2.75) is 26.2 Å². The van der Waals surface area contributed by atoms with E-state index in [1.807, 2.05) is 6.92 Å². The molecule has 1 aliphatic rings. The third-order valence-electron chi connectivity index (χ3n) is 1.81. The minimum atomic E-state index is 0.847. The second-order valence-electron chi connectivity index (χ2n) is 2.60. The van der Waals surface area contributed by atoms with Gasteiger partial charge < -0.3 is 5.32 Å². The Morgan fingerprint density at radius 2 is 2.40 bits per heavy atom. The first-order chi connectivity index (χ1) is 4.84. The zero-order valence-corrected chi connectivity index (χ0v) is 6.28. The summed E-state index contributed by atoms with van der Waals surface area (Å²) < 4.78 is 0. The van der Waals surface area contributed by atoms with E-state index in [1.54, 1.807) is 0 Å². The fraction of sp³-hybridized carbons (Fsp3) is 0.625. The van der Waals surface area contributed by atoms with Crippen molar-refractivity contribution in [1.82, 2.24) is 5.32 Å². The van der Waals surface area contributed by atoms with E-state index in [0.717, 1.165) is 24.2 Å². The average molecular weight is 136 g/mol. The highest BCUT2D eigenvalue weighted by atomic mass is 14.9. The van der Waals surface area contributed by atoms with E-state index in [-0.39, 0.29) is 0 Å². The van der Waals surface area contributed by atoms with Crippen molar-refractivity contribution in [3.05, 3.63) is 11.3 Å². The first-order valence-electron chi connectivity index (χ1n) is 3.68. The number of piperidine rings is 1. The minimum absolute atomic E-state index is 0.847. The third-order valence-corrected chi connectivity index (χ3v) is 1.81. The van der Waals surface area contributed by atoms with Crippen LogP contribution in [0.3, 0.4) is 0 Å². The maximum atomic E-state index is 8.54. The minimum Gasteiger partial charge on any atom is -0.388 e. The number of rotatable bonds is 0. The lowest BCUT2D eigenvalue weighted by atomic mass is 10.1. The van der Waals surface area contributed by atoms with Crippen LogP contribution in [0, 0.1) is 11.3 Å². The quantitative estimate of drug-likeness (QED) is 0.513. The van der Waals surface area contributed by atoms with Crippen LogP contribution in [0.5, 0.6) is 0 Å². The van der Waals surface area contributed by atoms with Crippen molar-refractivity contribution in [2.75, 3.05) is 6.54 Å². The highest BCUT2D eigenvalue weighted by Gasteiger charge is 2.05. The Morgan fingerprint density at radius 1 is 1.60 bits per heavy atom. The van der Waals surface area contributed by atoms with Crippen LogP contribution in [-0.2, 0) is 0 Å². The number of allylic oxidation sites excluding steroid dienone is 2. The molecule has 2 nitrogen and oxygen atoms in total. The Bertz CT molecular complexity index is 178. The smallest absolute Gasteiger partial charge is 0.0962 e. The van der Waals surface area contributed by atoms with E-state index in [9.17, 15) is 0 Å². The second kappa shape index (κ2) is 3.26. The Labute approximate surface area is 61.5 Å². The zero-order chi connectivity index (χ0) is 7.40. The van der Waals surface area contributed by atoms with Gasteiger partial charge in [-0.05, 0) is 26.2 Å². The summed E-state index contributed by atoms with van der Waals surface area (Å²) >= 11 is 0. The van der Waals surface area contributed by atoms with Crippen molar-refractivity contribution >= 4 is 0 Å². The van der Waals surface area contributed by atoms with Crippen molar-refractivity contribution < 1.29 is 0 Å². The van der Waals surface area contributed by atoms with Crippen molar-refractivity contribution in [1.29, 1.82) is 5.26 Å². The van der Waals surface area contributed by atoms with E-state index < -0.39 is 0 Å². The monoisotopic (exact) mass is 136 g/mol. The van der Waals surface area contributed by atoms with Gasteiger partial charge in [0.25, 0.3) is 0 Å². The molecule has 0 aliphatic carbocycles. The van der Waals surface area contributed by atoms with E-state index >= 15 is 0 Å². The first kappa shape index (κ1) is 7.14. The molecule has 0 unspecified atom stereocenters. The molecule has 1 fully saturated rings. The number of nitrogens with zero attached hydrogens (tertiary/aromatic N) is 1. The van der Waals surface area contributed by atoms with Crippen LogP contribution in [0.1, 0.15) is 26.2 Å². The van der Waals surface area contributed by atoms with Gasteiger partial charge in [-0.25, -0.2) is 0 Å². The second-order valence-corrected chi connectivity index (χ2v) is 2.60. The average Bonchev–Trinajstić information content (AvgIpc) is 2.05. The molecule has 2 heteroatoms. The van der Waals surface area contributed by atoms with Crippen molar-refractivity contribution in [3.63, 3.8) is 0 Å². The zero-order valence-electron chi connectivity index (χ0n) is 6.28. The molecule has 1 saturated heterocycles. The number of nitriles is 1. The first-order valence-corrected chi connectivity index (χ1v) is 3.68. The molecular weight excluding hydrogens is 124 g/mol. The van der Waals surface area contributed by atoms with Crippen molar-refractivity contribution in [3.8, 4) is 6.07 Å². The maximum Gasteiger partial charge on any atom is 0.0962 e. The van der Waals surface area contributed by atoms with Gasteiger partial charge in [-0.3, -0.25) is 0 Å². The molecule has 1 rings (SSSR count). The van der Waals surface area contributed by atoms with Crippen LogP contribution in [0.15, 0.2) is 11.3 Å². The lowest BCUT2D eigenvalue weighted by Gasteiger charge is -2.16. The molecule has 0 aromatic rings. The van der Waals surface area contributed by atoms with Gasteiger partial charge in [0.2, 0.25) is 0 Å². The van der Waals surface area contributed by atoms with Crippen LogP contribution in [0.4, 0.5) is 0 Å². The van der Waals surface area contributed by atoms with Gasteiger partial charge in [-0.2, -0.15) is 5.26 Å². The Kier molecular flexibility index (Phi) is 2.33. The molecule has 54 valence electrons. The fourth-order valence-electron chi connectivity index (χ4n) is 1.14. The number of hydrogen-bond acceptors (Lipinski definition) is 2. The Balaban J connectivity index is 2.62. The third kappa shape index (κ3) is 1.51. The maximum absolute atomic E-state index is 8.54. The van der Waals surface area contributed by atoms with Gasteiger partial charge in [0.15, 0.2) is 0 Å². The summed E-state index contributed by atoms with van der Waals surface area (Å²) in [6.45, 7) is 2.90. The molecule has 0 aromatic heterocycles. The van der Waals surface area contributed by atoms with Gasteiger partial charge >= 0.3 is 0 Å². The molecule has 0 atom stereocenters. The molecule has 0 radical (unpaired) electrons.